The van der Waals surface area contributed by atoms with Crippen LogP contribution in [0, 0.1) is 19.8 Å². The molecule has 4 nitrogen and oxygen atoms in total. The first-order chi connectivity index (χ1) is 13.4. The number of benzene rings is 2. The van der Waals surface area contributed by atoms with Crippen LogP contribution in [0.4, 0.5) is 5.69 Å². The van der Waals surface area contributed by atoms with Gasteiger partial charge < -0.3 is 14.8 Å². The Morgan fingerprint density at radius 3 is 2.46 bits per heavy atom. The zero-order valence-corrected chi connectivity index (χ0v) is 17.4. The second-order valence-corrected chi connectivity index (χ2v) is 8.07. The number of carbonyl (C=O) groups is 1. The van der Waals surface area contributed by atoms with Crippen LogP contribution in [-0.2, 0) is 16.1 Å². The van der Waals surface area contributed by atoms with Gasteiger partial charge in [-0.3, -0.25) is 4.79 Å². The first-order valence-electron chi connectivity index (χ1n) is 10.1. The third-order valence-electron chi connectivity index (χ3n) is 5.70. The number of carbonyl (C=O) groups excluding carboxylic acids is 1. The average Bonchev–Trinajstić information content (AvgIpc) is 2.68. The summed E-state index contributed by atoms with van der Waals surface area (Å²) in [6.07, 6.45) is 3.72. The molecule has 0 aromatic heterocycles. The second kappa shape index (κ2) is 8.78. The van der Waals surface area contributed by atoms with Crippen molar-refractivity contribution in [2.75, 3.05) is 12.4 Å². The number of anilines is 1. The SMILES string of the molecule is CO[C@]1(C(=O)Nc2cc(C)c(OCc3ccccc3)c(C)c2)CCC[C@@H](C)C1. The molecule has 0 radical (unpaired) electrons. The molecule has 2 aromatic carbocycles. The van der Waals surface area contributed by atoms with E-state index in [0.29, 0.717) is 12.5 Å². The summed E-state index contributed by atoms with van der Waals surface area (Å²) in [5, 5.41) is 3.09. The molecule has 2 aromatic rings. The largest absolute Gasteiger partial charge is 0.488 e. The van der Waals surface area contributed by atoms with E-state index in [1.165, 1.54) is 0 Å². The third-order valence-corrected chi connectivity index (χ3v) is 5.70. The molecule has 1 N–H and O–H groups in total. The molecule has 0 spiro atoms. The van der Waals surface area contributed by atoms with E-state index in [1.807, 2.05) is 44.2 Å². The van der Waals surface area contributed by atoms with E-state index < -0.39 is 5.60 Å². The van der Waals surface area contributed by atoms with Crippen LogP contribution in [0.2, 0.25) is 0 Å². The highest BCUT2D eigenvalue weighted by molar-refractivity contribution is 5.97. The molecular weight excluding hydrogens is 350 g/mol. The maximum Gasteiger partial charge on any atom is 0.256 e. The van der Waals surface area contributed by atoms with Gasteiger partial charge in [0.2, 0.25) is 0 Å². The van der Waals surface area contributed by atoms with Crippen LogP contribution in [0.3, 0.4) is 0 Å². The summed E-state index contributed by atoms with van der Waals surface area (Å²) in [5.41, 5.74) is 3.22. The quantitative estimate of drug-likeness (QED) is 0.727. The average molecular weight is 382 g/mol. The Kier molecular flexibility index (Phi) is 6.40. The molecule has 0 aliphatic heterocycles. The molecule has 0 bridgehead atoms. The zero-order valence-electron chi connectivity index (χ0n) is 17.4. The minimum atomic E-state index is -0.720. The van der Waals surface area contributed by atoms with Gasteiger partial charge in [-0.1, -0.05) is 43.7 Å². The predicted octanol–water partition coefficient (Wildman–Crippen LogP) is 5.42. The zero-order chi connectivity index (χ0) is 20.1. The predicted molar refractivity (Wildman–Crippen MR) is 113 cm³/mol. The van der Waals surface area contributed by atoms with Crippen molar-refractivity contribution in [1.82, 2.24) is 0 Å². The molecule has 1 aliphatic carbocycles. The Morgan fingerprint density at radius 1 is 1.18 bits per heavy atom. The van der Waals surface area contributed by atoms with Crippen molar-refractivity contribution in [2.45, 2.75) is 58.7 Å². The lowest BCUT2D eigenvalue weighted by atomic mass is 9.78. The molecule has 3 rings (SSSR count). The third kappa shape index (κ3) is 4.56. The van der Waals surface area contributed by atoms with Crippen LogP contribution in [0.25, 0.3) is 0 Å². The van der Waals surface area contributed by atoms with Gasteiger partial charge >= 0.3 is 0 Å². The Labute approximate surface area is 168 Å². The molecule has 2 atom stereocenters. The van der Waals surface area contributed by atoms with Gasteiger partial charge in [-0.15, -0.1) is 0 Å². The van der Waals surface area contributed by atoms with Crippen molar-refractivity contribution in [3.05, 3.63) is 59.2 Å². The molecular formula is C24H31NO3. The molecule has 1 fully saturated rings. The summed E-state index contributed by atoms with van der Waals surface area (Å²) in [5.74, 6) is 1.32. The normalized spacial score (nSPS) is 21.9. The van der Waals surface area contributed by atoms with Crippen LogP contribution in [0.1, 0.15) is 49.3 Å². The van der Waals surface area contributed by atoms with Gasteiger partial charge in [-0.25, -0.2) is 0 Å². The molecule has 0 unspecified atom stereocenters. The number of hydrogen-bond donors (Lipinski definition) is 1. The van der Waals surface area contributed by atoms with E-state index in [4.69, 9.17) is 9.47 Å². The van der Waals surface area contributed by atoms with Crippen molar-refractivity contribution in [3.63, 3.8) is 0 Å². The van der Waals surface area contributed by atoms with Gasteiger partial charge in [0.05, 0.1) is 0 Å². The Balaban J connectivity index is 1.72. The van der Waals surface area contributed by atoms with E-state index in [1.54, 1.807) is 7.11 Å². The van der Waals surface area contributed by atoms with Crippen LogP contribution in [0.5, 0.6) is 5.75 Å². The fourth-order valence-electron chi connectivity index (χ4n) is 4.21. The van der Waals surface area contributed by atoms with Gasteiger partial charge in [0.25, 0.3) is 5.91 Å². The molecule has 1 saturated carbocycles. The van der Waals surface area contributed by atoms with E-state index in [2.05, 4.69) is 24.4 Å². The second-order valence-electron chi connectivity index (χ2n) is 8.07. The lowest BCUT2D eigenvalue weighted by molar-refractivity contribution is -0.143. The molecule has 4 heteroatoms. The van der Waals surface area contributed by atoms with Gasteiger partial charge in [0.1, 0.15) is 18.0 Å². The molecule has 150 valence electrons. The standard InChI is InChI=1S/C24H31NO3/c1-17-9-8-12-24(15-17,27-4)23(26)25-21-13-18(2)22(19(3)14-21)28-16-20-10-6-5-7-11-20/h5-7,10-11,13-14,17H,8-9,12,15-16H2,1-4H3,(H,25,26)/t17-,24-/m1/s1. The highest BCUT2D eigenvalue weighted by Gasteiger charge is 2.42. The Hall–Kier alpha value is -2.33. The topological polar surface area (TPSA) is 47.6 Å². The van der Waals surface area contributed by atoms with E-state index in [-0.39, 0.29) is 5.91 Å². The molecule has 28 heavy (non-hydrogen) atoms. The first kappa shape index (κ1) is 20.4. The summed E-state index contributed by atoms with van der Waals surface area (Å²) < 4.78 is 11.8. The molecule has 0 saturated heterocycles. The summed E-state index contributed by atoms with van der Waals surface area (Å²) in [4.78, 5) is 13.0. The minimum Gasteiger partial charge on any atom is -0.488 e. The molecule has 1 aliphatic rings. The van der Waals surface area contributed by atoms with E-state index >= 15 is 0 Å². The fourth-order valence-corrected chi connectivity index (χ4v) is 4.21. The Bertz CT molecular complexity index is 795. The van der Waals surface area contributed by atoms with Crippen molar-refractivity contribution >= 4 is 11.6 Å². The highest BCUT2D eigenvalue weighted by atomic mass is 16.5. The lowest BCUT2D eigenvalue weighted by Gasteiger charge is -2.37. The van der Waals surface area contributed by atoms with Gasteiger partial charge in [-0.05, 0) is 67.9 Å². The summed E-state index contributed by atoms with van der Waals surface area (Å²) in [6, 6.07) is 14.1. The van der Waals surface area contributed by atoms with Crippen LogP contribution < -0.4 is 10.1 Å². The van der Waals surface area contributed by atoms with Crippen LogP contribution >= 0.6 is 0 Å². The van der Waals surface area contributed by atoms with Crippen LogP contribution in [0.15, 0.2) is 42.5 Å². The fraction of sp³-hybridized carbons (Fsp3) is 0.458. The van der Waals surface area contributed by atoms with Gasteiger partial charge in [0.15, 0.2) is 0 Å². The number of aryl methyl sites for hydroxylation is 2. The summed E-state index contributed by atoms with van der Waals surface area (Å²) in [7, 11) is 1.65. The van der Waals surface area contributed by atoms with E-state index in [9.17, 15) is 4.79 Å². The van der Waals surface area contributed by atoms with Crippen molar-refractivity contribution in [1.29, 1.82) is 0 Å². The summed E-state index contributed by atoms with van der Waals surface area (Å²) >= 11 is 0. The number of nitrogens with one attached hydrogen (secondary N) is 1. The molecule has 1 amide bonds. The van der Waals surface area contributed by atoms with Gasteiger partial charge in [-0.2, -0.15) is 0 Å². The smallest absolute Gasteiger partial charge is 0.256 e. The van der Waals surface area contributed by atoms with Crippen molar-refractivity contribution in [2.24, 2.45) is 5.92 Å². The minimum absolute atomic E-state index is 0.0432. The number of rotatable bonds is 6. The van der Waals surface area contributed by atoms with Crippen molar-refractivity contribution in [3.8, 4) is 5.75 Å². The molecule has 0 heterocycles. The maximum absolute atomic E-state index is 13.0. The number of amides is 1. The highest BCUT2D eigenvalue weighted by Crippen LogP contribution is 2.36. The monoisotopic (exact) mass is 381 g/mol. The number of methoxy groups -OCH3 is 1. The lowest BCUT2D eigenvalue weighted by Crippen LogP contribution is -2.47. The Morgan fingerprint density at radius 2 is 1.86 bits per heavy atom. The van der Waals surface area contributed by atoms with Crippen molar-refractivity contribution < 1.29 is 14.3 Å². The van der Waals surface area contributed by atoms with E-state index in [0.717, 1.165) is 53.8 Å². The summed E-state index contributed by atoms with van der Waals surface area (Å²) in [6.45, 7) is 6.74. The van der Waals surface area contributed by atoms with Gasteiger partial charge in [0, 0.05) is 12.8 Å². The maximum atomic E-state index is 13.0. The number of ether oxygens (including phenoxy) is 2. The first-order valence-corrected chi connectivity index (χ1v) is 10.1. The number of hydrogen-bond acceptors (Lipinski definition) is 3. The van der Waals surface area contributed by atoms with Crippen LogP contribution in [-0.4, -0.2) is 18.6 Å².